The average Bonchev–Trinajstić information content (AvgIpc) is 2.78. The van der Waals surface area contributed by atoms with Gasteiger partial charge in [0.25, 0.3) is 0 Å². The molecule has 0 atom stereocenters. The van der Waals surface area contributed by atoms with Crippen molar-refractivity contribution >= 4 is 44.1 Å². The van der Waals surface area contributed by atoms with E-state index in [0.29, 0.717) is 0 Å². The van der Waals surface area contributed by atoms with E-state index in [1.54, 1.807) is 0 Å². The highest BCUT2D eigenvalue weighted by Crippen LogP contribution is 2.52. The van der Waals surface area contributed by atoms with E-state index in [2.05, 4.69) is 102 Å². The molecular weight excluding hydrogens is 442 g/mol. The molecule has 1 aliphatic rings. The molecule has 0 N–H and O–H groups in total. The van der Waals surface area contributed by atoms with Crippen LogP contribution in [0.15, 0.2) is 76.7 Å². The van der Waals surface area contributed by atoms with Gasteiger partial charge in [-0.3, -0.25) is 4.98 Å². The summed E-state index contributed by atoms with van der Waals surface area (Å²) in [6, 6.07) is 22.7. The summed E-state index contributed by atoms with van der Waals surface area (Å²) >= 11 is 1.96. The summed E-state index contributed by atoms with van der Waals surface area (Å²) in [5.74, 6) is 0. The normalized spacial score (nSPS) is 13.5. The van der Waals surface area contributed by atoms with Crippen LogP contribution in [0.4, 0.5) is 0 Å². The zero-order valence-corrected chi connectivity index (χ0v) is 22.4. The van der Waals surface area contributed by atoms with Gasteiger partial charge in [-0.2, -0.15) is 0 Å². The van der Waals surface area contributed by atoms with Gasteiger partial charge in [-0.25, -0.2) is 0 Å². The molecule has 0 aliphatic carbocycles. The largest absolute Gasteiger partial charge is 0.256 e. The Balaban J connectivity index is 1.69. The maximum Gasteiger partial charge on any atom is 0.0803 e. The monoisotopic (exact) mass is 475 g/mol. The number of benzene rings is 4. The van der Waals surface area contributed by atoms with Crippen molar-refractivity contribution in [2.24, 2.45) is 10.8 Å². The average molecular weight is 476 g/mol. The maximum absolute atomic E-state index is 5.00. The van der Waals surface area contributed by atoms with E-state index < -0.39 is 0 Å². The summed E-state index contributed by atoms with van der Waals surface area (Å²) in [7, 11) is 0. The van der Waals surface area contributed by atoms with Gasteiger partial charge in [-0.1, -0.05) is 95.8 Å². The molecule has 0 amide bonds. The Hall–Kier alpha value is -2.84. The Morgan fingerprint density at radius 3 is 2.23 bits per heavy atom. The number of nitrogens with zero attached hydrogens (tertiary/aromatic N) is 1. The fraction of sp³-hybridized carbons (Fsp3) is 0.303. The highest BCUT2D eigenvalue weighted by Gasteiger charge is 2.27. The lowest BCUT2D eigenvalue weighted by Gasteiger charge is -2.28. The van der Waals surface area contributed by atoms with E-state index in [1.807, 2.05) is 18.0 Å². The summed E-state index contributed by atoms with van der Waals surface area (Å²) in [6.07, 6.45) is 4.11. The third-order valence-electron chi connectivity index (χ3n) is 6.96. The summed E-state index contributed by atoms with van der Waals surface area (Å²) in [6.45, 7) is 14.0. The first-order valence-corrected chi connectivity index (χ1v) is 13.5. The van der Waals surface area contributed by atoms with Gasteiger partial charge < -0.3 is 0 Å². The molecule has 2 heteroatoms. The van der Waals surface area contributed by atoms with E-state index in [9.17, 15) is 0 Å². The van der Waals surface area contributed by atoms with Crippen LogP contribution in [0, 0.1) is 10.8 Å². The number of hydrogen-bond donors (Lipinski definition) is 0. The van der Waals surface area contributed by atoms with Crippen LogP contribution in [0.1, 0.15) is 52.7 Å². The van der Waals surface area contributed by atoms with Gasteiger partial charge in [0.05, 0.1) is 5.69 Å². The number of pyridine rings is 1. The van der Waals surface area contributed by atoms with Gasteiger partial charge in [0.15, 0.2) is 0 Å². The second-order valence-electron chi connectivity index (χ2n) is 12.5. The van der Waals surface area contributed by atoms with E-state index in [-0.39, 0.29) is 10.8 Å². The van der Waals surface area contributed by atoms with Gasteiger partial charge in [0, 0.05) is 26.9 Å². The molecule has 0 bridgehead atoms. The molecule has 0 saturated carbocycles. The molecule has 5 aromatic rings. The third kappa shape index (κ3) is 3.93. The number of fused-ring (bicyclic) bond motifs is 5. The van der Waals surface area contributed by atoms with E-state index >= 15 is 0 Å². The fourth-order valence-corrected chi connectivity index (χ4v) is 6.96. The van der Waals surface area contributed by atoms with Crippen molar-refractivity contribution in [2.45, 2.75) is 64.2 Å². The van der Waals surface area contributed by atoms with E-state index in [1.165, 1.54) is 58.8 Å². The molecule has 0 saturated heterocycles. The van der Waals surface area contributed by atoms with Crippen LogP contribution in [0.2, 0.25) is 0 Å². The lowest BCUT2D eigenvalue weighted by Crippen LogP contribution is -2.12. The summed E-state index contributed by atoms with van der Waals surface area (Å²) < 4.78 is 0. The molecule has 4 aromatic carbocycles. The standard InChI is InChI=1S/C33H33NS/c1-32(2,3)18-21-11-9-13-23-24-14-15-34-30-26-16-20-10-7-8-12-22(20)27(19-33(4,5)6)31(26)35-28(29(24)30)17-25(21)23/h7-17H,18-19H2,1-6H3. The topological polar surface area (TPSA) is 12.9 Å². The van der Waals surface area contributed by atoms with Crippen LogP contribution in [0.3, 0.4) is 0 Å². The molecule has 0 fully saturated rings. The maximum atomic E-state index is 5.00. The predicted octanol–water partition coefficient (Wildman–Crippen LogP) is 9.85. The first-order valence-electron chi connectivity index (χ1n) is 12.7. The molecule has 1 aliphatic heterocycles. The smallest absolute Gasteiger partial charge is 0.0803 e. The lowest BCUT2D eigenvalue weighted by atomic mass is 9.84. The van der Waals surface area contributed by atoms with Crippen molar-refractivity contribution in [3.8, 4) is 11.3 Å². The highest BCUT2D eigenvalue weighted by atomic mass is 32.2. The summed E-state index contributed by atoms with van der Waals surface area (Å²) in [5.41, 5.74) is 5.75. The highest BCUT2D eigenvalue weighted by molar-refractivity contribution is 8.00. The zero-order valence-electron chi connectivity index (χ0n) is 21.6. The second-order valence-corrected chi connectivity index (χ2v) is 13.6. The Bertz CT molecular complexity index is 1630. The van der Waals surface area contributed by atoms with Gasteiger partial charge >= 0.3 is 0 Å². The van der Waals surface area contributed by atoms with Crippen molar-refractivity contribution in [3.05, 3.63) is 78.0 Å². The lowest BCUT2D eigenvalue weighted by molar-refractivity contribution is 0.410. The molecule has 6 rings (SSSR count). The first kappa shape index (κ1) is 22.6. The molecular formula is C33H33NS. The van der Waals surface area contributed by atoms with Crippen LogP contribution in [0.25, 0.3) is 43.6 Å². The number of rotatable bonds is 2. The Labute approximate surface area is 213 Å². The molecule has 0 unspecified atom stereocenters. The van der Waals surface area contributed by atoms with Crippen molar-refractivity contribution in [2.75, 3.05) is 0 Å². The molecule has 0 radical (unpaired) electrons. The van der Waals surface area contributed by atoms with Crippen molar-refractivity contribution in [1.82, 2.24) is 4.98 Å². The predicted molar refractivity (Wildman–Crippen MR) is 153 cm³/mol. The Kier molecular flexibility index (Phi) is 5.06. The third-order valence-corrected chi connectivity index (χ3v) is 8.17. The van der Waals surface area contributed by atoms with Crippen molar-refractivity contribution in [3.63, 3.8) is 0 Å². The molecule has 176 valence electrons. The van der Waals surface area contributed by atoms with Crippen LogP contribution in [-0.4, -0.2) is 4.98 Å². The van der Waals surface area contributed by atoms with Crippen molar-refractivity contribution < 1.29 is 0 Å². The van der Waals surface area contributed by atoms with Crippen LogP contribution in [-0.2, 0) is 12.8 Å². The summed E-state index contributed by atoms with van der Waals surface area (Å²) in [4.78, 5) is 7.73. The molecule has 0 spiro atoms. The molecule has 35 heavy (non-hydrogen) atoms. The van der Waals surface area contributed by atoms with Gasteiger partial charge in [0.2, 0.25) is 0 Å². The molecule has 1 aromatic heterocycles. The minimum absolute atomic E-state index is 0.196. The first-order chi connectivity index (χ1) is 16.6. The van der Waals surface area contributed by atoms with E-state index in [4.69, 9.17) is 4.98 Å². The minimum atomic E-state index is 0.196. The van der Waals surface area contributed by atoms with Crippen LogP contribution < -0.4 is 0 Å². The number of hydrogen-bond acceptors (Lipinski definition) is 2. The second kappa shape index (κ2) is 7.83. The molecule has 2 heterocycles. The van der Waals surface area contributed by atoms with Crippen LogP contribution >= 0.6 is 11.8 Å². The van der Waals surface area contributed by atoms with E-state index in [0.717, 1.165) is 18.5 Å². The molecule has 1 nitrogen and oxygen atoms in total. The fourth-order valence-electron chi connectivity index (χ4n) is 5.68. The Morgan fingerprint density at radius 2 is 1.46 bits per heavy atom. The van der Waals surface area contributed by atoms with Crippen LogP contribution in [0.5, 0.6) is 0 Å². The Morgan fingerprint density at radius 1 is 0.714 bits per heavy atom. The van der Waals surface area contributed by atoms with Gasteiger partial charge in [0.1, 0.15) is 0 Å². The van der Waals surface area contributed by atoms with Gasteiger partial charge in [-0.15, -0.1) is 0 Å². The van der Waals surface area contributed by atoms with Crippen molar-refractivity contribution in [1.29, 1.82) is 0 Å². The minimum Gasteiger partial charge on any atom is -0.256 e. The van der Waals surface area contributed by atoms with Gasteiger partial charge in [-0.05, 0) is 79.9 Å². The zero-order chi connectivity index (χ0) is 24.5. The quantitative estimate of drug-likeness (QED) is 0.231. The summed E-state index contributed by atoms with van der Waals surface area (Å²) in [5, 5.41) is 8.04. The SMILES string of the molecule is CC(C)(C)Cc1c2c(cc3ccccc13)-c1nccc3c1c(cc1c(CC(C)(C)C)cccc13)S2. The number of aromatic nitrogens is 1.